The molecule has 0 heterocycles. The van der Waals surface area contributed by atoms with Gasteiger partial charge in [0.15, 0.2) is 0 Å². The van der Waals surface area contributed by atoms with Crippen molar-refractivity contribution < 1.29 is 5.11 Å². The van der Waals surface area contributed by atoms with Crippen LogP contribution >= 0.6 is 0 Å². The molecule has 2 rings (SSSR count). The number of aliphatic hydroxyl groups excluding tert-OH is 1. The van der Waals surface area contributed by atoms with E-state index in [1.807, 2.05) is 0 Å². The van der Waals surface area contributed by atoms with E-state index in [1.165, 1.54) is 25.7 Å². The van der Waals surface area contributed by atoms with E-state index in [-0.39, 0.29) is 6.10 Å². The van der Waals surface area contributed by atoms with Gasteiger partial charge in [0, 0.05) is 12.1 Å². The molecule has 1 N–H and O–H groups in total. The molecule has 0 aromatic heterocycles. The van der Waals surface area contributed by atoms with Gasteiger partial charge in [-0.3, -0.25) is 4.90 Å². The van der Waals surface area contributed by atoms with E-state index in [1.54, 1.807) is 0 Å². The third kappa shape index (κ3) is 1.50. The highest BCUT2D eigenvalue weighted by Crippen LogP contribution is 2.34. The average molecular weight is 169 g/mol. The fourth-order valence-electron chi connectivity index (χ4n) is 2.48. The van der Waals surface area contributed by atoms with E-state index in [0.29, 0.717) is 6.04 Å². The molecule has 0 aromatic carbocycles. The third-order valence-electron chi connectivity index (χ3n) is 3.25. The number of hydrogen-bond acceptors (Lipinski definition) is 2. The van der Waals surface area contributed by atoms with Crippen molar-refractivity contribution in [3.8, 4) is 0 Å². The molecule has 70 valence electrons. The molecule has 0 saturated heterocycles. The van der Waals surface area contributed by atoms with Crippen LogP contribution < -0.4 is 0 Å². The molecule has 2 aliphatic carbocycles. The Morgan fingerprint density at radius 3 is 2.42 bits per heavy atom. The summed E-state index contributed by atoms with van der Waals surface area (Å²) < 4.78 is 0. The molecule has 0 spiro atoms. The number of aliphatic hydroxyl groups is 1. The quantitative estimate of drug-likeness (QED) is 0.690. The van der Waals surface area contributed by atoms with E-state index in [0.717, 1.165) is 19.0 Å². The van der Waals surface area contributed by atoms with Crippen molar-refractivity contribution in [2.24, 2.45) is 0 Å². The van der Waals surface area contributed by atoms with Gasteiger partial charge < -0.3 is 5.11 Å². The summed E-state index contributed by atoms with van der Waals surface area (Å²) >= 11 is 0. The third-order valence-corrected chi connectivity index (χ3v) is 3.25. The molecule has 2 nitrogen and oxygen atoms in total. The van der Waals surface area contributed by atoms with Crippen molar-refractivity contribution in [3.05, 3.63) is 0 Å². The molecule has 0 amide bonds. The van der Waals surface area contributed by atoms with Gasteiger partial charge in [-0.2, -0.15) is 0 Å². The summed E-state index contributed by atoms with van der Waals surface area (Å²) in [5.74, 6) is 0. The second-order valence-corrected chi connectivity index (χ2v) is 4.13. The fraction of sp³-hybridized carbons (Fsp3) is 1.00. The summed E-state index contributed by atoms with van der Waals surface area (Å²) in [6, 6.07) is 1.30. The maximum absolute atomic E-state index is 9.73. The first kappa shape index (κ1) is 8.52. The van der Waals surface area contributed by atoms with E-state index >= 15 is 0 Å². The highest BCUT2D eigenvalue weighted by molar-refractivity contribution is 4.93. The van der Waals surface area contributed by atoms with Crippen LogP contribution in [0.1, 0.15) is 39.0 Å². The van der Waals surface area contributed by atoms with Gasteiger partial charge in [0.1, 0.15) is 0 Å². The van der Waals surface area contributed by atoms with Crippen LogP contribution in [-0.2, 0) is 0 Å². The molecule has 0 aromatic rings. The molecular formula is C10H19NO. The number of nitrogens with zero attached hydrogens (tertiary/aromatic N) is 1. The summed E-state index contributed by atoms with van der Waals surface area (Å²) in [6.07, 6.45) is 6.13. The normalized spacial score (nSPS) is 36.2. The Bertz CT molecular complexity index is 156. The van der Waals surface area contributed by atoms with Crippen molar-refractivity contribution in [3.63, 3.8) is 0 Å². The Labute approximate surface area is 74.6 Å². The highest BCUT2D eigenvalue weighted by atomic mass is 16.3. The minimum absolute atomic E-state index is 0.0365. The van der Waals surface area contributed by atoms with Crippen LogP contribution in [0.15, 0.2) is 0 Å². The molecule has 2 heteroatoms. The number of hydrogen-bond donors (Lipinski definition) is 1. The summed E-state index contributed by atoms with van der Waals surface area (Å²) in [4.78, 5) is 2.51. The summed E-state index contributed by atoms with van der Waals surface area (Å²) in [5.41, 5.74) is 0. The zero-order chi connectivity index (χ0) is 8.55. The minimum atomic E-state index is -0.0365. The predicted molar refractivity (Wildman–Crippen MR) is 49.0 cm³/mol. The first-order valence-electron chi connectivity index (χ1n) is 5.26. The molecular weight excluding hydrogens is 150 g/mol. The summed E-state index contributed by atoms with van der Waals surface area (Å²) in [5, 5.41) is 9.73. The monoisotopic (exact) mass is 169 g/mol. The second kappa shape index (κ2) is 3.35. The first-order chi connectivity index (χ1) is 5.83. The van der Waals surface area contributed by atoms with E-state index in [9.17, 15) is 5.11 Å². The predicted octanol–water partition coefficient (Wildman–Crippen LogP) is 1.38. The van der Waals surface area contributed by atoms with Gasteiger partial charge in [-0.15, -0.1) is 0 Å². The molecule has 0 unspecified atom stereocenters. The lowest BCUT2D eigenvalue weighted by Gasteiger charge is -2.29. The minimum Gasteiger partial charge on any atom is -0.391 e. The topological polar surface area (TPSA) is 23.5 Å². The molecule has 0 bridgehead atoms. The SMILES string of the molecule is CCN(C1CC1)[C@@H]1CCC[C@H]1O. The average Bonchev–Trinajstić information content (AvgIpc) is 2.80. The zero-order valence-electron chi connectivity index (χ0n) is 7.87. The van der Waals surface area contributed by atoms with Crippen LogP contribution in [-0.4, -0.2) is 34.7 Å². The Kier molecular flexibility index (Phi) is 2.37. The van der Waals surface area contributed by atoms with Gasteiger partial charge in [-0.05, 0) is 38.6 Å². The Morgan fingerprint density at radius 1 is 1.25 bits per heavy atom. The molecule has 2 aliphatic rings. The lowest BCUT2D eigenvalue weighted by atomic mass is 10.2. The van der Waals surface area contributed by atoms with Crippen LogP contribution in [0.5, 0.6) is 0 Å². The van der Waals surface area contributed by atoms with Gasteiger partial charge in [0.05, 0.1) is 6.10 Å². The van der Waals surface area contributed by atoms with Crippen molar-refractivity contribution in [1.82, 2.24) is 4.90 Å². The molecule has 2 saturated carbocycles. The van der Waals surface area contributed by atoms with Crippen LogP contribution in [0.2, 0.25) is 0 Å². The second-order valence-electron chi connectivity index (χ2n) is 4.13. The molecule has 2 fully saturated rings. The van der Waals surface area contributed by atoms with Crippen LogP contribution in [0.4, 0.5) is 0 Å². The van der Waals surface area contributed by atoms with Crippen LogP contribution in [0.3, 0.4) is 0 Å². The number of rotatable bonds is 3. The van der Waals surface area contributed by atoms with Gasteiger partial charge in [0.25, 0.3) is 0 Å². The van der Waals surface area contributed by atoms with Gasteiger partial charge in [-0.25, -0.2) is 0 Å². The van der Waals surface area contributed by atoms with E-state index in [2.05, 4.69) is 11.8 Å². The fourth-order valence-corrected chi connectivity index (χ4v) is 2.48. The maximum atomic E-state index is 9.73. The largest absolute Gasteiger partial charge is 0.391 e. The van der Waals surface area contributed by atoms with E-state index in [4.69, 9.17) is 0 Å². The Morgan fingerprint density at radius 2 is 2.00 bits per heavy atom. The van der Waals surface area contributed by atoms with Crippen molar-refractivity contribution in [1.29, 1.82) is 0 Å². The van der Waals surface area contributed by atoms with Crippen molar-refractivity contribution in [2.45, 2.75) is 57.2 Å². The summed E-state index contributed by atoms with van der Waals surface area (Å²) in [7, 11) is 0. The van der Waals surface area contributed by atoms with Gasteiger partial charge in [0.2, 0.25) is 0 Å². The molecule has 12 heavy (non-hydrogen) atoms. The van der Waals surface area contributed by atoms with Crippen molar-refractivity contribution in [2.75, 3.05) is 6.54 Å². The van der Waals surface area contributed by atoms with Crippen LogP contribution in [0, 0.1) is 0 Å². The zero-order valence-corrected chi connectivity index (χ0v) is 7.87. The smallest absolute Gasteiger partial charge is 0.0695 e. The summed E-state index contributed by atoms with van der Waals surface area (Å²) in [6.45, 7) is 3.33. The van der Waals surface area contributed by atoms with Gasteiger partial charge in [-0.1, -0.05) is 6.92 Å². The Balaban J connectivity index is 1.94. The lowest BCUT2D eigenvalue weighted by Crippen LogP contribution is -2.41. The van der Waals surface area contributed by atoms with Crippen molar-refractivity contribution >= 4 is 0 Å². The highest BCUT2D eigenvalue weighted by Gasteiger charge is 2.37. The molecule has 2 atom stereocenters. The number of likely N-dealkylation sites (N-methyl/N-ethyl adjacent to an activating group) is 1. The Hall–Kier alpha value is -0.0800. The van der Waals surface area contributed by atoms with Crippen LogP contribution in [0.25, 0.3) is 0 Å². The van der Waals surface area contributed by atoms with E-state index < -0.39 is 0 Å². The maximum Gasteiger partial charge on any atom is 0.0695 e. The standard InChI is InChI=1S/C10H19NO/c1-2-11(8-6-7-8)9-4-3-5-10(9)12/h8-10,12H,2-7H2,1H3/t9-,10-/m1/s1. The lowest BCUT2D eigenvalue weighted by molar-refractivity contribution is 0.0690. The molecule has 0 radical (unpaired) electrons. The van der Waals surface area contributed by atoms with Gasteiger partial charge >= 0.3 is 0 Å². The molecule has 0 aliphatic heterocycles. The first-order valence-corrected chi connectivity index (χ1v) is 5.26.